The first-order chi connectivity index (χ1) is 19.5. The number of aliphatic carboxylic acids is 1. The summed E-state index contributed by atoms with van der Waals surface area (Å²) in [5.74, 6) is -0.786. The molecule has 3 atom stereocenters. The number of halogens is 2. The van der Waals surface area contributed by atoms with Crippen LogP contribution in [0.15, 0.2) is 30.3 Å². The first kappa shape index (κ1) is 28.9. The van der Waals surface area contributed by atoms with Gasteiger partial charge in [-0.2, -0.15) is 0 Å². The van der Waals surface area contributed by atoms with Crippen LogP contribution in [0.3, 0.4) is 0 Å². The van der Waals surface area contributed by atoms with E-state index in [-0.39, 0.29) is 18.6 Å². The molecule has 1 aromatic carbocycles. The molecule has 0 spiro atoms. The van der Waals surface area contributed by atoms with Gasteiger partial charge in [0, 0.05) is 37.9 Å². The molecule has 2 N–H and O–H groups in total. The average Bonchev–Trinajstić information content (AvgIpc) is 3.45. The van der Waals surface area contributed by atoms with E-state index in [9.17, 15) is 14.3 Å². The van der Waals surface area contributed by atoms with Gasteiger partial charge in [0.15, 0.2) is 0 Å². The number of pyridine rings is 1. The third kappa shape index (κ3) is 7.36. The van der Waals surface area contributed by atoms with Crippen LogP contribution in [0.1, 0.15) is 73.4 Å². The van der Waals surface area contributed by atoms with Gasteiger partial charge in [0.2, 0.25) is 0 Å². The number of aromatic nitrogens is 1. The zero-order valence-electron chi connectivity index (χ0n) is 23.1. The Morgan fingerprint density at radius 1 is 1.20 bits per heavy atom. The van der Waals surface area contributed by atoms with Crippen molar-refractivity contribution in [1.29, 1.82) is 0 Å². The van der Waals surface area contributed by atoms with Crippen molar-refractivity contribution in [3.05, 3.63) is 58.5 Å². The molecule has 3 aliphatic heterocycles. The molecular formula is C31H41F2N3O4. The number of unbranched alkanes of at least 4 members (excludes halogenated alkanes) is 1. The average molecular weight is 558 g/mol. The maximum Gasteiger partial charge on any atom is 0.325 e. The van der Waals surface area contributed by atoms with E-state index in [0.29, 0.717) is 50.3 Å². The number of rotatable bonds is 12. The lowest BCUT2D eigenvalue weighted by molar-refractivity contribution is -0.143. The van der Waals surface area contributed by atoms with Gasteiger partial charge in [-0.15, -0.1) is 0 Å². The second kappa shape index (κ2) is 13.8. The van der Waals surface area contributed by atoms with Crippen molar-refractivity contribution in [3.8, 4) is 0 Å². The van der Waals surface area contributed by atoms with E-state index in [4.69, 9.17) is 14.5 Å². The van der Waals surface area contributed by atoms with Gasteiger partial charge in [0.1, 0.15) is 23.8 Å². The summed E-state index contributed by atoms with van der Waals surface area (Å²) >= 11 is 0. The molecular weight excluding hydrogens is 516 g/mol. The lowest BCUT2D eigenvalue weighted by Crippen LogP contribution is -2.34. The molecule has 9 heteroatoms. The number of ether oxygens (including phenoxy) is 2. The second-order valence-electron chi connectivity index (χ2n) is 11.4. The number of alkyl halides is 1. The van der Waals surface area contributed by atoms with Gasteiger partial charge in [-0.3, -0.25) is 9.69 Å². The molecule has 40 heavy (non-hydrogen) atoms. The number of carboxylic acids is 1. The topological polar surface area (TPSA) is 83.9 Å². The van der Waals surface area contributed by atoms with Crippen molar-refractivity contribution in [2.75, 3.05) is 38.2 Å². The molecule has 0 saturated carbocycles. The Balaban J connectivity index is 1.14. The number of hydrogen-bond acceptors (Lipinski definition) is 6. The van der Waals surface area contributed by atoms with E-state index in [2.05, 4.69) is 17.4 Å². The van der Waals surface area contributed by atoms with Gasteiger partial charge in [-0.05, 0) is 92.8 Å². The number of benzene rings is 1. The SMILES string of the molecule is O=C(O)[C@@H](c1cc(F)ccc1COC1CCOCC1)N1CCC([C@H](F)CCCCc2ccc3c(n2)NCCC3)C1. The summed E-state index contributed by atoms with van der Waals surface area (Å²) in [7, 11) is 0. The molecule has 0 aliphatic carbocycles. The summed E-state index contributed by atoms with van der Waals surface area (Å²) in [6.45, 7) is 3.25. The highest BCUT2D eigenvalue weighted by atomic mass is 19.1. The summed E-state index contributed by atoms with van der Waals surface area (Å²) in [6.07, 6.45) is 6.27. The predicted molar refractivity (Wildman–Crippen MR) is 149 cm³/mol. The van der Waals surface area contributed by atoms with E-state index in [1.807, 2.05) is 0 Å². The molecule has 7 nitrogen and oxygen atoms in total. The number of carboxylic acid groups (broad SMARTS) is 1. The monoisotopic (exact) mass is 557 g/mol. The Morgan fingerprint density at radius 2 is 2.05 bits per heavy atom. The van der Waals surface area contributed by atoms with Gasteiger partial charge >= 0.3 is 5.97 Å². The van der Waals surface area contributed by atoms with Crippen LogP contribution in [0.2, 0.25) is 0 Å². The van der Waals surface area contributed by atoms with Gasteiger partial charge in [0.25, 0.3) is 0 Å². The minimum Gasteiger partial charge on any atom is -0.480 e. The Labute approximate surface area is 235 Å². The van der Waals surface area contributed by atoms with Gasteiger partial charge in [-0.1, -0.05) is 18.6 Å². The summed E-state index contributed by atoms with van der Waals surface area (Å²) in [5.41, 5.74) is 3.35. The van der Waals surface area contributed by atoms with E-state index in [1.165, 1.54) is 17.7 Å². The maximum atomic E-state index is 15.3. The zero-order valence-corrected chi connectivity index (χ0v) is 23.1. The molecule has 5 rings (SSSR count). The molecule has 2 saturated heterocycles. The van der Waals surface area contributed by atoms with Crippen molar-refractivity contribution in [3.63, 3.8) is 0 Å². The molecule has 1 aromatic heterocycles. The minimum atomic E-state index is -1.05. The van der Waals surface area contributed by atoms with Crippen LogP contribution in [0, 0.1) is 11.7 Å². The van der Waals surface area contributed by atoms with E-state index in [0.717, 1.165) is 63.0 Å². The molecule has 218 valence electrons. The normalized spacial score (nSPS) is 21.5. The number of fused-ring (bicyclic) bond motifs is 1. The molecule has 0 radical (unpaired) electrons. The van der Waals surface area contributed by atoms with Crippen molar-refractivity contribution in [2.24, 2.45) is 5.92 Å². The van der Waals surface area contributed by atoms with E-state index in [1.54, 1.807) is 11.0 Å². The Kier molecular flexibility index (Phi) is 9.99. The largest absolute Gasteiger partial charge is 0.480 e. The molecule has 3 aliphatic rings. The summed E-state index contributed by atoms with van der Waals surface area (Å²) in [4.78, 5) is 19.0. The predicted octanol–water partition coefficient (Wildman–Crippen LogP) is 5.47. The van der Waals surface area contributed by atoms with E-state index < -0.39 is 24.0 Å². The van der Waals surface area contributed by atoms with Crippen molar-refractivity contribution in [2.45, 2.75) is 82.7 Å². The first-order valence-electron chi connectivity index (χ1n) is 14.8. The highest BCUT2D eigenvalue weighted by Crippen LogP contribution is 2.34. The van der Waals surface area contributed by atoms with Gasteiger partial charge in [0.05, 0.1) is 12.7 Å². The summed E-state index contributed by atoms with van der Waals surface area (Å²) < 4.78 is 41.0. The molecule has 2 fully saturated rings. The van der Waals surface area contributed by atoms with Crippen LogP contribution in [0.4, 0.5) is 14.6 Å². The fourth-order valence-electron chi connectivity index (χ4n) is 6.22. The smallest absolute Gasteiger partial charge is 0.325 e. The fourth-order valence-corrected chi connectivity index (χ4v) is 6.22. The Morgan fingerprint density at radius 3 is 2.88 bits per heavy atom. The molecule has 2 aromatic rings. The van der Waals surface area contributed by atoms with Crippen LogP contribution in [-0.2, 0) is 33.7 Å². The standard InChI is InChI=1S/C31H41F2N3O4/c32-24-9-7-23(20-40-26-12-16-39-17-13-26)27(18-24)29(31(37)38)36-15-11-22(19-36)28(33)6-2-1-5-25-10-8-21-4-3-14-34-30(21)35-25/h7-10,18,22,26,28-29H,1-6,11-17,19-20H2,(H,34,35)(H,37,38)/t22?,28-,29-/m1/s1. The quantitative estimate of drug-likeness (QED) is 0.335. The molecule has 1 unspecified atom stereocenters. The summed E-state index contributed by atoms with van der Waals surface area (Å²) in [6, 6.07) is 7.44. The maximum absolute atomic E-state index is 15.3. The number of anilines is 1. The second-order valence-corrected chi connectivity index (χ2v) is 11.4. The van der Waals surface area contributed by atoms with Gasteiger partial charge < -0.3 is 19.9 Å². The lowest BCUT2D eigenvalue weighted by Gasteiger charge is -2.28. The Bertz CT molecular complexity index is 1140. The van der Waals surface area contributed by atoms with Crippen LogP contribution in [-0.4, -0.2) is 66.1 Å². The summed E-state index contributed by atoms with van der Waals surface area (Å²) in [5, 5.41) is 13.5. The van der Waals surface area contributed by atoms with Crippen molar-refractivity contribution in [1.82, 2.24) is 9.88 Å². The Hall–Kier alpha value is -2.62. The zero-order chi connectivity index (χ0) is 27.9. The van der Waals surface area contributed by atoms with Gasteiger partial charge in [-0.25, -0.2) is 13.8 Å². The number of nitrogens with one attached hydrogen (secondary N) is 1. The number of hydrogen-bond donors (Lipinski definition) is 2. The third-order valence-electron chi connectivity index (χ3n) is 8.53. The van der Waals surface area contributed by atoms with Crippen molar-refractivity contribution >= 4 is 11.8 Å². The minimum absolute atomic E-state index is 0.0399. The highest BCUT2D eigenvalue weighted by Gasteiger charge is 2.37. The van der Waals surface area contributed by atoms with Crippen LogP contribution < -0.4 is 5.32 Å². The number of carbonyl (C=O) groups is 1. The highest BCUT2D eigenvalue weighted by molar-refractivity contribution is 5.76. The van der Waals surface area contributed by atoms with Crippen LogP contribution in [0.25, 0.3) is 0 Å². The van der Waals surface area contributed by atoms with Crippen LogP contribution in [0.5, 0.6) is 0 Å². The lowest BCUT2D eigenvalue weighted by atomic mass is 9.96. The fraction of sp³-hybridized carbons (Fsp3) is 0.613. The number of aryl methyl sites for hydroxylation is 2. The molecule has 4 heterocycles. The van der Waals surface area contributed by atoms with Crippen LogP contribution >= 0.6 is 0 Å². The first-order valence-corrected chi connectivity index (χ1v) is 14.8. The number of nitrogens with zero attached hydrogens (tertiary/aromatic N) is 2. The molecule has 0 amide bonds. The number of likely N-dealkylation sites (tertiary alicyclic amines) is 1. The molecule has 0 bridgehead atoms. The van der Waals surface area contributed by atoms with E-state index >= 15 is 4.39 Å². The third-order valence-corrected chi connectivity index (χ3v) is 8.53. The van der Waals surface area contributed by atoms with Crippen molar-refractivity contribution < 1.29 is 28.2 Å².